The lowest BCUT2D eigenvalue weighted by atomic mass is 10.0. The Labute approximate surface area is 183 Å². The zero-order chi connectivity index (χ0) is 20.2. The molecule has 0 aliphatic carbocycles. The Balaban J connectivity index is 0.00000256. The van der Waals surface area contributed by atoms with Crippen molar-refractivity contribution in [3.8, 4) is 5.75 Å². The number of rotatable bonds is 4. The summed E-state index contributed by atoms with van der Waals surface area (Å²) in [7, 11) is 1.65. The van der Waals surface area contributed by atoms with E-state index < -0.39 is 0 Å². The maximum Gasteiger partial charge on any atom is 0.243 e. The lowest BCUT2D eigenvalue weighted by Crippen LogP contribution is -2.52. The highest BCUT2D eigenvalue weighted by Gasteiger charge is 2.32. The molecule has 30 heavy (non-hydrogen) atoms. The molecule has 7 heteroatoms. The fourth-order valence-corrected chi connectivity index (χ4v) is 4.31. The van der Waals surface area contributed by atoms with Crippen molar-refractivity contribution in [2.45, 2.75) is 25.3 Å². The lowest BCUT2D eigenvalue weighted by Gasteiger charge is -2.38. The molecule has 4 rings (SSSR count). The number of amides is 2. The Hall–Kier alpha value is -2.57. The molecule has 160 valence electrons. The largest absolute Gasteiger partial charge is 0.496 e. The van der Waals surface area contributed by atoms with Gasteiger partial charge in [0.1, 0.15) is 12.3 Å². The van der Waals surface area contributed by atoms with Crippen LogP contribution in [0.4, 0.5) is 5.69 Å². The molecule has 0 aromatic heterocycles. The Morgan fingerprint density at radius 3 is 2.73 bits per heavy atom. The molecule has 0 bridgehead atoms. The van der Waals surface area contributed by atoms with Crippen LogP contribution in [0.3, 0.4) is 0 Å². The Morgan fingerprint density at radius 2 is 1.90 bits per heavy atom. The molecular weight excluding hydrogens is 402 g/mol. The van der Waals surface area contributed by atoms with E-state index in [9.17, 15) is 9.59 Å². The lowest BCUT2D eigenvalue weighted by molar-refractivity contribution is -0.134. The minimum atomic E-state index is -0.121. The van der Waals surface area contributed by atoms with Crippen LogP contribution in [0.5, 0.6) is 5.75 Å². The second-order valence-corrected chi connectivity index (χ2v) is 7.51. The van der Waals surface area contributed by atoms with Gasteiger partial charge in [-0.05, 0) is 30.5 Å². The summed E-state index contributed by atoms with van der Waals surface area (Å²) in [6.45, 7) is 2.07. The third-order valence-corrected chi connectivity index (χ3v) is 5.78. The predicted molar refractivity (Wildman–Crippen MR) is 119 cm³/mol. The summed E-state index contributed by atoms with van der Waals surface area (Å²) in [6.07, 6.45) is 2.15. The first-order valence-corrected chi connectivity index (χ1v) is 10.2. The number of carbonyl (C=O) groups is 2. The van der Waals surface area contributed by atoms with Gasteiger partial charge in [-0.25, -0.2) is 0 Å². The van der Waals surface area contributed by atoms with Crippen LogP contribution in [0.1, 0.15) is 30.0 Å². The van der Waals surface area contributed by atoms with Crippen molar-refractivity contribution in [3.63, 3.8) is 0 Å². The summed E-state index contributed by atoms with van der Waals surface area (Å²) in [5.41, 5.74) is 2.98. The van der Waals surface area contributed by atoms with E-state index in [0.29, 0.717) is 19.5 Å². The summed E-state index contributed by atoms with van der Waals surface area (Å²) in [5, 5.41) is 3.38. The molecule has 1 saturated heterocycles. The SMILES string of the molecule is COc1ccccc1C1CNCCN1C(=O)CN1C(=O)CCCc2ccccc21.Cl. The summed E-state index contributed by atoms with van der Waals surface area (Å²) >= 11 is 0. The molecule has 6 nitrogen and oxygen atoms in total. The van der Waals surface area contributed by atoms with E-state index in [-0.39, 0.29) is 36.8 Å². The van der Waals surface area contributed by atoms with Gasteiger partial charge in [-0.1, -0.05) is 36.4 Å². The second kappa shape index (κ2) is 9.96. The van der Waals surface area contributed by atoms with Gasteiger partial charge in [0.15, 0.2) is 0 Å². The number of methoxy groups -OCH3 is 1. The van der Waals surface area contributed by atoms with E-state index in [0.717, 1.165) is 42.0 Å². The van der Waals surface area contributed by atoms with Gasteiger partial charge in [-0.15, -0.1) is 12.4 Å². The minimum absolute atomic E-state index is 0. The van der Waals surface area contributed by atoms with E-state index in [1.165, 1.54) is 0 Å². The second-order valence-electron chi connectivity index (χ2n) is 7.51. The molecule has 0 saturated carbocycles. The van der Waals surface area contributed by atoms with Crippen LogP contribution in [0.15, 0.2) is 48.5 Å². The first kappa shape index (κ1) is 22.1. The molecular formula is C23H28ClN3O3. The van der Waals surface area contributed by atoms with E-state index >= 15 is 0 Å². The van der Waals surface area contributed by atoms with E-state index in [2.05, 4.69) is 5.32 Å². The number of nitrogens with one attached hydrogen (secondary N) is 1. The smallest absolute Gasteiger partial charge is 0.243 e. The third kappa shape index (κ3) is 4.45. The van der Waals surface area contributed by atoms with E-state index in [4.69, 9.17) is 4.74 Å². The number of benzene rings is 2. The zero-order valence-corrected chi connectivity index (χ0v) is 18.0. The average Bonchev–Trinajstić information content (AvgIpc) is 2.92. The number of nitrogens with zero attached hydrogens (tertiary/aromatic N) is 2. The van der Waals surface area contributed by atoms with Crippen LogP contribution in [-0.4, -0.2) is 50.0 Å². The van der Waals surface area contributed by atoms with Gasteiger partial charge in [0.25, 0.3) is 0 Å². The van der Waals surface area contributed by atoms with Crippen LogP contribution < -0.4 is 15.0 Å². The summed E-state index contributed by atoms with van der Waals surface area (Å²) in [6, 6.07) is 15.6. The Bertz CT molecular complexity index is 905. The molecule has 2 aromatic rings. The van der Waals surface area contributed by atoms with E-state index in [1.807, 2.05) is 53.4 Å². The molecule has 2 amide bonds. The number of para-hydroxylation sites is 2. The minimum Gasteiger partial charge on any atom is -0.496 e. The molecule has 0 radical (unpaired) electrons. The molecule has 1 fully saturated rings. The number of halogens is 1. The number of fused-ring (bicyclic) bond motifs is 1. The topological polar surface area (TPSA) is 61.9 Å². The van der Waals surface area contributed by atoms with Gasteiger partial charge in [0.2, 0.25) is 11.8 Å². The predicted octanol–water partition coefficient (Wildman–Crippen LogP) is 2.96. The normalized spacial score (nSPS) is 18.8. The highest BCUT2D eigenvalue weighted by Crippen LogP contribution is 2.31. The van der Waals surface area contributed by atoms with Crippen molar-refractivity contribution in [1.29, 1.82) is 0 Å². The average molecular weight is 430 g/mol. The van der Waals surface area contributed by atoms with Crippen molar-refractivity contribution >= 4 is 29.9 Å². The summed E-state index contributed by atoms with van der Waals surface area (Å²) < 4.78 is 5.53. The Kier molecular flexibility index (Phi) is 7.34. The van der Waals surface area contributed by atoms with Crippen LogP contribution in [0.2, 0.25) is 0 Å². The van der Waals surface area contributed by atoms with Gasteiger partial charge in [0.05, 0.1) is 13.2 Å². The highest BCUT2D eigenvalue weighted by atomic mass is 35.5. The molecule has 1 atom stereocenters. The maximum absolute atomic E-state index is 13.4. The van der Waals surface area contributed by atoms with Crippen LogP contribution in [0.25, 0.3) is 0 Å². The Morgan fingerprint density at radius 1 is 1.13 bits per heavy atom. The van der Waals surface area contributed by atoms with Gasteiger partial charge >= 0.3 is 0 Å². The molecule has 1 unspecified atom stereocenters. The number of anilines is 1. The third-order valence-electron chi connectivity index (χ3n) is 5.78. The quantitative estimate of drug-likeness (QED) is 0.811. The monoisotopic (exact) mass is 429 g/mol. The number of piperazine rings is 1. The number of carbonyl (C=O) groups excluding carboxylic acids is 2. The van der Waals surface area contributed by atoms with Crippen molar-refractivity contribution in [2.75, 3.05) is 38.2 Å². The first-order valence-electron chi connectivity index (χ1n) is 10.2. The molecule has 2 aliphatic heterocycles. The van der Waals surface area contributed by atoms with Gasteiger partial charge < -0.3 is 19.9 Å². The standard InChI is InChI=1S/C23H27N3O3.ClH/c1-29-21-11-5-3-9-18(21)20-15-24-13-14-25(20)23(28)16-26-19-10-4-2-7-17(19)8-6-12-22(26)27;/h2-5,7,9-11,20,24H,6,8,12-16H2,1H3;1H. The molecule has 2 aliphatic rings. The fourth-order valence-electron chi connectivity index (χ4n) is 4.31. The molecule has 2 heterocycles. The molecule has 2 aromatic carbocycles. The summed E-state index contributed by atoms with van der Waals surface area (Å²) in [4.78, 5) is 29.7. The van der Waals surface area contributed by atoms with Crippen LogP contribution in [-0.2, 0) is 16.0 Å². The van der Waals surface area contributed by atoms with Gasteiger partial charge in [0, 0.05) is 37.3 Å². The molecule has 0 spiro atoms. The van der Waals surface area contributed by atoms with Crippen molar-refractivity contribution in [1.82, 2.24) is 10.2 Å². The number of hydrogen-bond donors (Lipinski definition) is 1. The maximum atomic E-state index is 13.4. The van der Waals surface area contributed by atoms with Crippen LogP contribution >= 0.6 is 12.4 Å². The van der Waals surface area contributed by atoms with Crippen molar-refractivity contribution in [2.24, 2.45) is 0 Å². The van der Waals surface area contributed by atoms with Gasteiger partial charge in [-0.2, -0.15) is 0 Å². The first-order chi connectivity index (χ1) is 14.2. The zero-order valence-electron chi connectivity index (χ0n) is 17.2. The summed E-state index contributed by atoms with van der Waals surface area (Å²) in [5.74, 6) is 0.759. The number of hydrogen-bond acceptors (Lipinski definition) is 4. The highest BCUT2D eigenvalue weighted by molar-refractivity contribution is 6.00. The molecule has 1 N–H and O–H groups in total. The van der Waals surface area contributed by atoms with E-state index in [1.54, 1.807) is 12.0 Å². The van der Waals surface area contributed by atoms with Gasteiger partial charge in [-0.3, -0.25) is 9.59 Å². The van der Waals surface area contributed by atoms with Crippen LogP contribution in [0, 0.1) is 0 Å². The fraction of sp³-hybridized carbons (Fsp3) is 0.391. The number of ether oxygens (including phenoxy) is 1. The van der Waals surface area contributed by atoms with Crippen molar-refractivity contribution in [3.05, 3.63) is 59.7 Å². The number of aryl methyl sites for hydroxylation is 1. The van der Waals surface area contributed by atoms with Crippen molar-refractivity contribution < 1.29 is 14.3 Å².